The van der Waals surface area contributed by atoms with Gasteiger partial charge in [0, 0.05) is 29.9 Å². The number of allylic oxidation sites excluding steroid dienone is 1. The molecular formula is C36H42NO6+. The molecule has 43 heavy (non-hydrogen) atoms. The normalized spacial score (nSPS) is 11.8. The van der Waals surface area contributed by atoms with Crippen molar-refractivity contribution in [1.29, 1.82) is 0 Å². The highest BCUT2D eigenvalue weighted by molar-refractivity contribution is 5.95. The number of pyridine rings is 1. The highest BCUT2D eigenvalue weighted by Crippen LogP contribution is 2.43. The highest BCUT2D eigenvalue weighted by Gasteiger charge is 2.31. The number of aryl methyl sites for hydroxylation is 2. The topological polar surface area (TPSA) is 59.3 Å². The first-order valence-electron chi connectivity index (χ1n) is 14.8. The van der Waals surface area contributed by atoms with Crippen LogP contribution in [-0.4, -0.2) is 42.2 Å². The summed E-state index contributed by atoms with van der Waals surface area (Å²) in [6, 6.07) is 14.4. The second-order valence-electron chi connectivity index (χ2n) is 10.7. The molecule has 0 aliphatic carbocycles. The molecular weight excluding hydrogens is 542 g/mol. The number of aromatic nitrogens is 1. The Morgan fingerprint density at radius 3 is 2.21 bits per heavy atom. The molecule has 1 aliphatic heterocycles. The summed E-state index contributed by atoms with van der Waals surface area (Å²) in [6.07, 6.45) is 9.97. The van der Waals surface area contributed by atoms with Gasteiger partial charge in [-0.15, -0.1) is 6.58 Å². The standard InChI is InChI=1S/C36H42NO6/c1-7-8-9-10-11-16-43-34-20-25-14-15-37-23-31-28(12-13-32(40-4)36(31)42-6)30(35(37)29(25)22-33(34)41-5)19-24-17-26(38-2)21-27(18-24)39-3/h7,12-13,17-18,20-23H,1,8-11,14-16,19H2,2-6H3/q+1. The van der Waals surface area contributed by atoms with E-state index < -0.39 is 0 Å². The van der Waals surface area contributed by atoms with Crippen LogP contribution < -0.4 is 33.0 Å². The fourth-order valence-corrected chi connectivity index (χ4v) is 6.00. The third-order valence-corrected chi connectivity index (χ3v) is 8.14. The van der Waals surface area contributed by atoms with E-state index in [4.69, 9.17) is 28.4 Å². The highest BCUT2D eigenvalue weighted by atomic mass is 16.5. The van der Waals surface area contributed by atoms with Crippen molar-refractivity contribution in [3.63, 3.8) is 0 Å². The van der Waals surface area contributed by atoms with Crippen LogP contribution >= 0.6 is 0 Å². The van der Waals surface area contributed by atoms with Gasteiger partial charge in [-0.3, -0.25) is 0 Å². The largest absolute Gasteiger partial charge is 0.497 e. The van der Waals surface area contributed by atoms with Crippen LogP contribution in [0.3, 0.4) is 0 Å². The molecule has 0 N–H and O–H groups in total. The van der Waals surface area contributed by atoms with E-state index >= 15 is 0 Å². The van der Waals surface area contributed by atoms with Crippen LogP contribution in [0.1, 0.15) is 42.4 Å². The first-order chi connectivity index (χ1) is 21.0. The van der Waals surface area contributed by atoms with Crippen molar-refractivity contribution in [2.75, 3.05) is 42.2 Å². The molecule has 226 valence electrons. The van der Waals surface area contributed by atoms with Gasteiger partial charge in [0.05, 0.1) is 53.1 Å². The van der Waals surface area contributed by atoms with Crippen molar-refractivity contribution >= 4 is 10.8 Å². The summed E-state index contributed by atoms with van der Waals surface area (Å²) in [4.78, 5) is 0. The Balaban J connectivity index is 1.65. The number of methoxy groups -OCH3 is 5. The van der Waals surface area contributed by atoms with Gasteiger partial charge in [0.25, 0.3) is 0 Å². The molecule has 0 fully saturated rings. The van der Waals surface area contributed by atoms with Crippen LogP contribution in [0.5, 0.6) is 34.5 Å². The van der Waals surface area contributed by atoms with E-state index in [0.717, 1.165) is 95.0 Å². The predicted molar refractivity (Wildman–Crippen MR) is 169 cm³/mol. The Kier molecular flexibility index (Phi) is 9.60. The van der Waals surface area contributed by atoms with Gasteiger partial charge < -0.3 is 28.4 Å². The van der Waals surface area contributed by atoms with Crippen LogP contribution in [0.15, 0.2) is 61.3 Å². The van der Waals surface area contributed by atoms with Gasteiger partial charge in [-0.2, -0.15) is 4.57 Å². The number of hydrogen-bond donors (Lipinski definition) is 0. The lowest BCUT2D eigenvalue weighted by molar-refractivity contribution is -0.686. The minimum absolute atomic E-state index is 0.653. The zero-order chi connectivity index (χ0) is 30.3. The fourth-order valence-electron chi connectivity index (χ4n) is 6.00. The van der Waals surface area contributed by atoms with Gasteiger partial charge in [0.1, 0.15) is 11.5 Å². The molecule has 0 saturated carbocycles. The lowest BCUT2D eigenvalue weighted by atomic mass is 9.88. The van der Waals surface area contributed by atoms with Crippen LogP contribution in [0.4, 0.5) is 0 Å². The fraction of sp³-hybridized carbons (Fsp3) is 0.361. The van der Waals surface area contributed by atoms with E-state index in [0.29, 0.717) is 18.8 Å². The van der Waals surface area contributed by atoms with E-state index in [2.05, 4.69) is 47.7 Å². The Labute approximate surface area is 254 Å². The van der Waals surface area contributed by atoms with Gasteiger partial charge in [0.15, 0.2) is 35.7 Å². The molecule has 1 aliphatic rings. The maximum absolute atomic E-state index is 6.25. The molecule has 0 radical (unpaired) electrons. The predicted octanol–water partition coefficient (Wildman–Crippen LogP) is 7.11. The van der Waals surface area contributed by atoms with E-state index in [9.17, 15) is 0 Å². The Morgan fingerprint density at radius 1 is 0.767 bits per heavy atom. The third kappa shape index (κ3) is 6.21. The van der Waals surface area contributed by atoms with E-state index in [1.807, 2.05) is 18.2 Å². The minimum atomic E-state index is 0.653. The molecule has 2 heterocycles. The summed E-state index contributed by atoms with van der Waals surface area (Å²) in [7, 11) is 8.41. The Hall–Kier alpha value is -4.39. The first-order valence-corrected chi connectivity index (χ1v) is 14.8. The molecule has 0 unspecified atom stereocenters. The van der Waals surface area contributed by atoms with Crippen molar-refractivity contribution in [2.45, 2.75) is 45.1 Å². The lowest BCUT2D eigenvalue weighted by Crippen LogP contribution is -2.41. The first kappa shape index (κ1) is 30.1. The molecule has 0 amide bonds. The quantitative estimate of drug-likeness (QED) is 0.0895. The van der Waals surface area contributed by atoms with Gasteiger partial charge >= 0.3 is 0 Å². The van der Waals surface area contributed by atoms with Gasteiger partial charge in [-0.1, -0.05) is 6.08 Å². The van der Waals surface area contributed by atoms with Crippen LogP contribution in [-0.2, 0) is 19.4 Å². The monoisotopic (exact) mass is 584 g/mol. The average Bonchev–Trinajstić information content (AvgIpc) is 3.04. The third-order valence-electron chi connectivity index (χ3n) is 8.14. The molecule has 0 saturated heterocycles. The maximum Gasteiger partial charge on any atom is 0.217 e. The number of nitrogens with zero attached hydrogens (tertiary/aromatic N) is 1. The van der Waals surface area contributed by atoms with E-state index in [-0.39, 0.29) is 0 Å². The molecule has 0 bridgehead atoms. The summed E-state index contributed by atoms with van der Waals surface area (Å²) >= 11 is 0. The molecule has 0 spiro atoms. The molecule has 3 aromatic carbocycles. The summed E-state index contributed by atoms with van der Waals surface area (Å²) in [5.74, 6) is 4.46. The van der Waals surface area contributed by atoms with Gasteiger partial charge in [-0.05, 0) is 73.2 Å². The van der Waals surface area contributed by atoms with Crippen molar-refractivity contribution in [3.8, 4) is 45.8 Å². The molecule has 7 heteroatoms. The summed E-state index contributed by atoms with van der Waals surface area (Å²) in [5.41, 5.74) is 5.79. The van der Waals surface area contributed by atoms with Crippen LogP contribution in [0.25, 0.3) is 22.0 Å². The zero-order valence-corrected chi connectivity index (χ0v) is 26.0. The summed E-state index contributed by atoms with van der Waals surface area (Å²) in [6.45, 7) is 5.29. The number of hydrogen-bond acceptors (Lipinski definition) is 6. The second kappa shape index (κ2) is 13.7. The molecule has 5 rings (SSSR count). The summed E-state index contributed by atoms with van der Waals surface area (Å²) < 4.78 is 37.2. The number of fused-ring (bicyclic) bond motifs is 4. The average molecular weight is 585 g/mol. The van der Waals surface area contributed by atoms with Crippen molar-refractivity contribution in [2.24, 2.45) is 0 Å². The lowest BCUT2D eigenvalue weighted by Gasteiger charge is -2.22. The Bertz CT molecular complexity index is 1590. The van der Waals surface area contributed by atoms with Crippen molar-refractivity contribution in [3.05, 3.63) is 78.0 Å². The van der Waals surface area contributed by atoms with E-state index in [1.165, 1.54) is 11.1 Å². The SMILES string of the molecule is C=CCCCCCOc1cc2c(cc1OC)-c1c(Cc3cc(OC)cc(OC)c3)c3ccc(OC)c(OC)c3c[n+]1CC2. The summed E-state index contributed by atoms with van der Waals surface area (Å²) in [5, 5.41) is 2.10. The molecule has 1 aromatic heterocycles. The Morgan fingerprint density at radius 2 is 1.53 bits per heavy atom. The number of benzene rings is 3. The molecule has 4 aromatic rings. The van der Waals surface area contributed by atoms with Crippen molar-refractivity contribution in [1.82, 2.24) is 0 Å². The zero-order valence-electron chi connectivity index (χ0n) is 26.0. The van der Waals surface area contributed by atoms with Gasteiger partial charge in [0.2, 0.25) is 5.69 Å². The molecule has 7 nitrogen and oxygen atoms in total. The second-order valence-corrected chi connectivity index (χ2v) is 10.7. The maximum atomic E-state index is 6.25. The van der Waals surface area contributed by atoms with Crippen molar-refractivity contribution < 1.29 is 33.0 Å². The van der Waals surface area contributed by atoms with E-state index in [1.54, 1.807) is 35.5 Å². The number of rotatable bonds is 14. The molecule has 0 atom stereocenters. The van der Waals surface area contributed by atoms with Crippen LogP contribution in [0, 0.1) is 0 Å². The number of unbranched alkanes of at least 4 members (excludes halogenated alkanes) is 3. The number of ether oxygens (including phenoxy) is 6. The minimum Gasteiger partial charge on any atom is -0.497 e. The smallest absolute Gasteiger partial charge is 0.217 e. The van der Waals surface area contributed by atoms with Gasteiger partial charge in [-0.25, -0.2) is 0 Å². The van der Waals surface area contributed by atoms with Crippen LogP contribution in [0.2, 0.25) is 0 Å².